The number of aromatic nitrogens is 1. The minimum atomic E-state index is -0.0364. The standard InChI is InChI=1S/C22H29N5OS/c28-21-19-15-23-9-11-25(19)12-13-27(21)22-24-16-20(29-22)26-10-5-4-8-18(26)14-17-6-2-1-3-7-17/h1-3,6-7,16,18-19,23H,4-5,8-15H2/t18-,19-/m0/s1. The number of thiazole rings is 1. The van der Waals surface area contributed by atoms with Gasteiger partial charge in [-0.1, -0.05) is 41.7 Å². The average molecular weight is 412 g/mol. The summed E-state index contributed by atoms with van der Waals surface area (Å²) in [5.74, 6) is 0.198. The number of piperazine rings is 2. The van der Waals surface area contributed by atoms with Crippen molar-refractivity contribution in [2.75, 3.05) is 49.1 Å². The Hall–Kier alpha value is -1.96. The lowest BCUT2D eigenvalue weighted by molar-refractivity contribution is -0.126. The molecule has 3 aliphatic rings. The Kier molecular flexibility index (Phi) is 5.52. The summed E-state index contributed by atoms with van der Waals surface area (Å²) in [7, 11) is 0. The van der Waals surface area contributed by atoms with Gasteiger partial charge < -0.3 is 10.2 Å². The third-order valence-electron chi connectivity index (χ3n) is 6.45. The van der Waals surface area contributed by atoms with Crippen molar-refractivity contribution in [1.29, 1.82) is 0 Å². The van der Waals surface area contributed by atoms with Crippen molar-refractivity contribution < 1.29 is 4.79 Å². The molecule has 3 aliphatic heterocycles. The molecule has 0 unspecified atom stereocenters. The highest BCUT2D eigenvalue weighted by molar-refractivity contribution is 7.19. The maximum atomic E-state index is 13.0. The molecule has 0 aliphatic carbocycles. The minimum Gasteiger partial charge on any atom is -0.359 e. The van der Waals surface area contributed by atoms with Crippen LogP contribution >= 0.6 is 11.3 Å². The van der Waals surface area contributed by atoms with Crippen LogP contribution in [0.25, 0.3) is 0 Å². The maximum absolute atomic E-state index is 13.0. The molecule has 29 heavy (non-hydrogen) atoms. The van der Waals surface area contributed by atoms with Crippen LogP contribution in [0, 0.1) is 0 Å². The Morgan fingerprint density at radius 1 is 1.10 bits per heavy atom. The largest absolute Gasteiger partial charge is 0.359 e. The van der Waals surface area contributed by atoms with Crippen LogP contribution in [0.1, 0.15) is 24.8 Å². The zero-order chi connectivity index (χ0) is 19.6. The van der Waals surface area contributed by atoms with Crippen LogP contribution in [0.3, 0.4) is 0 Å². The van der Waals surface area contributed by atoms with E-state index in [1.165, 1.54) is 29.8 Å². The molecule has 1 aromatic carbocycles. The highest BCUT2D eigenvalue weighted by Crippen LogP contribution is 2.35. The first kappa shape index (κ1) is 19.0. The summed E-state index contributed by atoms with van der Waals surface area (Å²) in [6.45, 7) is 5.45. The molecular formula is C22H29N5OS. The summed E-state index contributed by atoms with van der Waals surface area (Å²) >= 11 is 1.68. The first-order valence-corrected chi connectivity index (χ1v) is 11.6. The molecule has 7 heteroatoms. The lowest BCUT2D eigenvalue weighted by Gasteiger charge is -2.42. The molecule has 0 spiro atoms. The van der Waals surface area contributed by atoms with Gasteiger partial charge in [0.05, 0.1) is 6.20 Å². The number of amides is 1. The van der Waals surface area contributed by atoms with Gasteiger partial charge in [0.1, 0.15) is 11.0 Å². The van der Waals surface area contributed by atoms with Crippen molar-refractivity contribution in [2.24, 2.45) is 0 Å². The molecule has 5 rings (SSSR count). The summed E-state index contributed by atoms with van der Waals surface area (Å²) in [5, 5.41) is 5.42. The van der Waals surface area contributed by atoms with Gasteiger partial charge in [-0.05, 0) is 31.2 Å². The van der Waals surface area contributed by atoms with Crippen molar-refractivity contribution in [1.82, 2.24) is 15.2 Å². The number of nitrogens with zero attached hydrogens (tertiary/aromatic N) is 4. The van der Waals surface area contributed by atoms with Crippen LogP contribution in [-0.4, -0.2) is 67.1 Å². The van der Waals surface area contributed by atoms with Crippen molar-refractivity contribution in [3.8, 4) is 0 Å². The minimum absolute atomic E-state index is 0.0364. The summed E-state index contributed by atoms with van der Waals surface area (Å²) in [4.78, 5) is 24.5. The van der Waals surface area contributed by atoms with E-state index in [1.807, 2.05) is 11.1 Å². The third-order valence-corrected chi connectivity index (χ3v) is 7.51. The Bertz CT molecular complexity index is 841. The number of benzene rings is 1. The second-order valence-electron chi connectivity index (χ2n) is 8.26. The molecule has 0 bridgehead atoms. The predicted molar refractivity (Wildman–Crippen MR) is 118 cm³/mol. The van der Waals surface area contributed by atoms with Crippen molar-refractivity contribution in [2.45, 2.75) is 37.8 Å². The smallest absolute Gasteiger partial charge is 0.247 e. The van der Waals surface area contributed by atoms with Gasteiger partial charge in [0.15, 0.2) is 5.13 Å². The Morgan fingerprint density at radius 3 is 2.90 bits per heavy atom. The summed E-state index contributed by atoms with van der Waals surface area (Å²) < 4.78 is 0. The second kappa shape index (κ2) is 8.42. The zero-order valence-electron chi connectivity index (χ0n) is 16.8. The van der Waals surface area contributed by atoms with E-state index in [2.05, 4.69) is 50.4 Å². The van der Waals surface area contributed by atoms with E-state index >= 15 is 0 Å². The van der Waals surface area contributed by atoms with E-state index in [9.17, 15) is 4.79 Å². The molecule has 1 amide bonds. The van der Waals surface area contributed by atoms with Crippen molar-refractivity contribution in [3.05, 3.63) is 42.1 Å². The maximum Gasteiger partial charge on any atom is 0.247 e. The number of fused-ring (bicyclic) bond motifs is 1. The number of rotatable bonds is 4. The number of hydrogen-bond donors (Lipinski definition) is 1. The van der Waals surface area contributed by atoms with Gasteiger partial charge in [-0.25, -0.2) is 4.98 Å². The molecule has 0 saturated carbocycles. The lowest BCUT2D eigenvalue weighted by atomic mass is 9.96. The summed E-state index contributed by atoms with van der Waals surface area (Å²) in [6, 6.07) is 11.2. The number of piperidine rings is 1. The first-order chi connectivity index (χ1) is 14.3. The Morgan fingerprint density at radius 2 is 2.00 bits per heavy atom. The lowest BCUT2D eigenvalue weighted by Crippen LogP contribution is -2.64. The molecule has 2 atom stereocenters. The number of carbonyl (C=O) groups is 1. The van der Waals surface area contributed by atoms with E-state index in [0.29, 0.717) is 6.04 Å². The monoisotopic (exact) mass is 411 g/mol. The Labute approximate surface area is 176 Å². The van der Waals surface area contributed by atoms with Crippen LogP contribution in [0.2, 0.25) is 0 Å². The number of nitrogens with one attached hydrogen (secondary N) is 1. The Balaban J connectivity index is 1.32. The molecule has 2 aromatic rings. The normalized spacial score (nSPS) is 25.9. The van der Waals surface area contributed by atoms with Gasteiger partial charge in [-0.2, -0.15) is 0 Å². The van der Waals surface area contributed by atoms with Crippen molar-refractivity contribution in [3.63, 3.8) is 0 Å². The predicted octanol–water partition coefficient (Wildman–Crippen LogP) is 2.37. The van der Waals surface area contributed by atoms with Crippen LogP contribution in [0.5, 0.6) is 0 Å². The molecule has 1 aromatic heterocycles. The molecule has 0 radical (unpaired) electrons. The fourth-order valence-electron chi connectivity index (χ4n) is 4.87. The molecule has 1 N–H and O–H groups in total. The van der Waals surface area contributed by atoms with Crippen LogP contribution in [0.4, 0.5) is 10.1 Å². The van der Waals surface area contributed by atoms with Crippen molar-refractivity contribution >= 4 is 27.4 Å². The van der Waals surface area contributed by atoms with Gasteiger partial charge >= 0.3 is 0 Å². The molecular weight excluding hydrogens is 382 g/mol. The second-order valence-corrected chi connectivity index (χ2v) is 9.25. The number of anilines is 2. The van der Waals surface area contributed by atoms with Gasteiger partial charge in [-0.3, -0.25) is 14.6 Å². The van der Waals surface area contributed by atoms with Gasteiger partial charge in [0.25, 0.3) is 0 Å². The molecule has 3 saturated heterocycles. The topological polar surface area (TPSA) is 51.7 Å². The highest BCUT2D eigenvalue weighted by Gasteiger charge is 2.38. The first-order valence-electron chi connectivity index (χ1n) is 10.8. The fourth-order valence-corrected chi connectivity index (χ4v) is 5.92. The number of hydrogen-bond acceptors (Lipinski definition) is 6. The molecule has 4 heterocycles. The van der Waals surface area contributed by atoms with Crippen LogP contribution in [-0.2, 0) is 11.2 Å². The summed E-state index contributed by atoms with van der Waals surface area (Å²) in [6.07, 6.45) is 6.79. The summed E-state index contributed by atoms with van der Waals surface area (Å²) in [5.41, 5.74) is 1.39. The van der Waals surface area contributed by atoms with E-state index < -0.39 is 0 Å². The van der Waals surface area contributed by atoms with E-state index in [-0.39, 0.29) is 11.9 Å². The van der Waals surface area contributed by atoms with Crippen LogP contribution in [0.15, 0.2) is 36.5 Å². The molecule has 154 valence electrons. The molecule has 6 nitrogen and oxygen atoms in total. The molecule has 3 fully saturated rings. The van der Waals surface area contributed by atoms with Gasteiger partial charge in [0.2, 0.25) is 5.91 Å². The van der Waals surface area contributed by atoms with Crippen LogP contribution < -0.4 is 15.1 Å². The number of carbonyl (C=O) groups excluding carboxylic acids is 1. The van der Waals surface area contributed by atoms with E-state index in [0.717, 1.165) is 50.8 Å². The highest BCUT2D eigenvalue weighted by atomic mass is 32.1. The van der Waals surface area contributed by atoms with E-state index in [4.69, 9.17) is 0 Å². The third kappa shape index (κ3) is 3.91. The average Bonchev–Trinajstić information content (AvgIpc) is 3.25. The zero-order valence-corrected chi connectivity index (χ0v) is 17.6. The fraction of sp³-hybridized carbons (Fsp3) is 0.545. The van der Waals surface area contributed by atoms with Gasteiger partial charge in [-0.15, -0.1) is 0 Å². The van der Waals surface area contributed by atoms with Gasteiger partial charge in [0, 0.05) is 45.3 Å². The SMILES string of the molecule is O=C1[C@@H]2CNCCN2CCN1c1ncc(N2CCCC[C@H]2Cc2ccccc2)s1. The van der Waals surface area contributed by atoms with E-state index in [1.54, 1.807) is 11.3 Å². The quantitative estimate of drug-likeness (QED) is 0.837.